The predicted molar refractivity (Wildman–Crippen MR) is 88.6 cm³/mol. The molecule has 6 nitrogen and oxygen atoms in total. The maximum absolute atomic E-state index is 12.4. The Bertz CT molecular complexity index is 648. The molecule has 0 spiro atoms. The molecule has 1 aromatic rings. The summed E-state index contributed by atoms with van der Waals surface area (Å²) in [6.45, 7) is 6.04. The maximum Gasteiger partial charge on any atom is 0.290 e. The molecule has 2 N–H and O–H groups in total. The van der Waals surface area contributed by atoms with E-state index in [0.717, 1.165) is 0 Å². The lowest BCUT2D eigenvalue weighted by Crippen LogP contribution is -2.32. The van der Waals surface area contributed by atoms with E-state index in [0.29, 0.717) is 25.1 Å². The average molecular weight is 333 g/mol. The largest absolute Gasteiger partial charge is 0.508 e. The van der Waals surface area contributed by atoms with Crippen LogP contribution >= 0.6 is 0 Å². The number of ether oxygens (including phenoxy) is 1. The molecule has 0 saturated carbocycles. The number of aliphatic hydroxyl groups excluding tert-OH is 1. The number of benzene rings is 1. The highest BCUT2D eigenvalue weighted by atomic mass is 16.5. The van der Waals surface area contributed by atoms with Gasteiger partial charge in [-0.15, -0.1) is 0 Å². The Morgan fingerprint density at radius 1 is 1.25 bits per heavy atom. The molecule has 2 rings (SSSR count). The third kappa shape index (κ3) is 3.76. The van der Waals surface area contributed by atoms with Gasteiger partial charge in [0.15, 0.2) is 11.5 Å². The molecule has 0 unspecified atom stereocenters. The van der Waals surface area contributed by atoms with Crippen LogP contribution in [0.2, 0.25) is 0 Å². The molecule has 1 amide bonds. The first kappa shape index (κ1) is 18.0. The zero-order valence-corrected chi connectivity index (χ0v) is 14.2. The summed E-state index contributed by atoms with van der Waals surface area (Å²) in [4.78, 5) is 25.8. The van der Waals surface area contributed by atoms with Crippen molar-refractivity contribution in [3.8, 4) is 5.75 Å². The SMILES string of the molecule is CC(=O)C1=C(O)C(=O)N(CCCOC(C)C)[C@@H]1c1ccc(O)cc1. The van der Waals surface area contributed by atoms with Crippen LogP contribution in [0.5, 0.6) is 5.75 Å². The zero-order chi connectivity index (χ0) is 17.9. The van der Waals surface area contributed by atoms with Crippen LogP contribution in [0.3, 0.4) is 0 Å². The summed E-state index contributed by atoms with van der Waals surface area (Å²) in [7, 11) is 0. The second-order valence-corrected chi connectivity index (χ2v) is 6.08. The summed E-state index contributed by atoms with van der Waals surface area (Å²) in [5.41, 5.74) is 0.760. The van der Waals surface area contributed by atoms with Crippen LogP contribution in [-0.2, 0) is 14.3 Å². The molecule has 1 aliphatic rings. The number of hydrogen-bond donors (Lipinski definition) is 2. The fourth-order valence-electron chi connectivity index (χ4n) is 2.80. The van der Waals surface area contributed by atoms with Crippen LogP contribution in [0.1, 0.15) is 38.8 Å². The van der Waals surface area contributed by atoms with Gasteiger partial charge in [0, 0.05) is 13.2 Å². The van der Waals surface area contributed by atoms with Crippen molar-refractivity contribution >= 4 is 11.7 Å². The first-order chi connectivity index (χ1) is 11.3. The van der Waals surface area contributed by atoms with Crippen LogP contribution in [0.4, 0.5) is 0 Å². The minimum atomic E-state index is -0.644. The highest BCUT2D eigenvalue weighted by Gasteiger charge is 2.41. The van der Waals surface area contributed by atoms with Gasteiger partial charge in [-0.25, -0.2) is 0 Å². The fraction of sp³-hybridized carbons (Fsp3) is 0.444. The minimum absolute atomic E-state index is 0.0930. The molecule has 24 heavy (non-hydrogen) atoms. The topological polar surface area (TPSA) is 87.1 Å². The smallest absolute Gasteiger partial charge is 0.290 e. The summed E-state index contributed by atoms with van der Waals surface area (Å²) < 4.78 is 5.48. The van der Waals surface area contributed by atoms with Crippen LogP contribution in [0.15, 0.2) is 35.6 Å². The summed E-state index contributed by atoms with van der Waals surface area (Å²) in [5, 5.41) is 19.6. The van der Waals surface area contributed by atoms with Gasteiger partial charge in [0.25, 0.3) is 5.91 Å². The second-order valence-electron chi connectivity index (χ2n) is 6.08. The lowest BCUT2D eigenvalue weighted by molar-refractivity contribution is -0.129. The molecule has 6 heteroatoms. The van der Waals surface area contributed by atoms with E-state index >= 15 is 0 Å². The third-order valence-electron chi connectivity index (χ3n) is 3.89. The molecule has 0 aliphatic carbocycles. The first-order valence-electron chi connectivity index (χ1n) is 7.98. The van der Waals surface area contributed by atoms with E-state index in [-0.39, 0.29) is 23.2 Å². The Kier molecular flexibility index (Phi) is 5.62. The summed E-state index contributed by atoms with van der Waals surface area (Å²) in [6, 6.07) is 5.63. The second kappa shape index (κ2) is 7.49. The molecule has 0 saturated heterocycles. The lowest BCUT2D eigenvalue weighted by atomic mass is 9.96. The number of phenolic OH excluding ortho intramolecular Hbond substituents is 1. The van der Waals surface area contributed by atoms with E-state index in [4.69, 9.17) is 4.74 Å². The minimum Gasteiger partial charge on any atom is -0.508 e. The van der Waals surface area contributed by atoms with Crippen molar-refractivity contribution in [1.29, 1.82) is 0 Å². The number of phenols is 1. The summed E-state index contributed by atoms with van der Waals surface area (Å²) >= 11 is 0. The number of hydrogen-bond acceptors (Lipinski definition) is 5. The number of aliphatic hydroxyl groups is 1. The van der Waals surface area contributed by atoms with Crippen molar-refractivity contribution < 1.29 is 24.5 Å². The molecule has 1 aromatic carbocycles. The van der Waals surface area contributed by atoms with Gasteiger partial charge in [-0.3, -0.25) is 9.59 Å². The van der Waals surface area contributed by atoms with Crippen LogP contribution in [-0.4, -0.2) is 46.1 Å². The Hall–Kier alpha value is -2.34. The van der Waals surface area contributed by atoms with Gasteiger partial charge in [-0.2, -0.15) is 0 Å². The molecule has 0 bridgehead atoms. The van der Waals surface area contributed by atoms with E-state index in [1.54, 1.807) is 12.1 Å². The Balaban J connectivity index is 2.26. The normalized spacial score (nSPS) is 17.9. The number of nitrogens with zero attached hydrogens (tertiary/aromatic N) is 1. The quantitative estimate of drug-likeness (QED) is 0.749. The molecule has 1 aliphatic heterocycles. The standard InChI is InChI=1S/C18H23NO5/c1-11(2)24-10-4-9-19-16(13-5-7-14(21)8-6-13)15(12(3)20)17(22)18(19)23/h5-8,11,16,21-22H,4,9-10H2,1-3H3/t16-/m1/s1. The predicted octanol–water partition coefficient (Wildman–Crippen LogP) is 2.49. The molecular weight excluding hydrogens is 310 g/mol. The molecule has 0 fully saturated rings. The molecule has 0 radical (unpaired) electrons. The number of ketones is 1. The van der Waals surface area contributed by atoms with Crippen molar-refractivity contribution in [3.63, 3.8) is 0 Å². The summed E-state index contributed by atoms with van der Waals surface area (Å²) in [6.07, 6.45) is 0.697. The highest BCUT2D eigenvalue weighted by molar-refractivity contribution is 6.08. The Morgan fingerprint density at radius 3 is 2.42 bits per heavy atom. The number of carbonyl (C=O) groups excluding carboxylic acids is 2. The van der Waals surface area contributed by atoms with Crippen molar-refractivity contribution in [1.82, 2.24) is 4.90 Å². The van der Waals surface area contributed by atoms with Crippen molar-refractivity contribution in [3.05, 3.63) is 41.2 Å². The molecule has 0 aromatic heterocycles. The molecule has 1 atom stereocenters. The van der Waals surface area contributed by atoms with Gasteiger partial charge in [-0.1, -0.05) is 12.1 Å². The lowest BCUT2D eigenvalue weighted by Gasteiger charge is -2.26. The fourth-order valence-corrected chi connectivity index (χ4v) is 2.80. The van der Waals surface area contributed by atoms with Crippen LogP contribution in [0.25, 0.3) is 0 Å². The van der Waals surface area contributed by atoms with Gasteiger partial charge >= 0.3 is 0 Å². The van der Waals surface area contributed by atoms with Crippen molar-refractivity contribution in [2.75, 3.05) is 13.2 Å². The van der Waals surface area contributed by atoms with E-state index in [9.17, 15) is 19.8 Å². The van der Waals surface area contributed by atoms with Gasteiger partial charge in [0.2, 0.25) is 0 Å². The zero-order valence-electron chi connectivity index (χ0n) is 14.2. The van der Waals surface area contributed by atoms with Crippen LogP contribution in [0, 0.1) is 0 Å². The molecule has 1 heterocycles. The van der Waals surface area contributed by atoms with Gasteiger partial charge < -0.3 is 19.8 Å². The van der Waals surface area contributed by atoms with Crippen molar-refractivity contribution in [2.24, 2.45) is 0 Å². The number of amides is 1. The maximum atomic E-state index is 12.4. The van der Waals surface area contributed by atoms with Gasteiger partial charge in [0.05, 0.1) is 17.7 Å². The molecule has 130 valence electrons. The van der Waals surface area contributed by atoms with E-state index in [1.807, 2.05) is 13.8 Å². The van der Waals surface area contributed by atoms with E-state index in [2.05, 4.69) is 0 Å². The molecular formula is C18H23NO5. The highest BCUT2D eigenvalue weighted by Crippen LogP contribution is 2.38. The van der Waals surface area contributed by atoms with Crippen LogP contribution < -0.4 is 0 Å². The van der Waals surface area contributed by atoms with E-state index < -0.39 is 17.7 Å². The number of carbonyl (C=O) groups is 2. The number of rotatable bonds is 7. The third-order valence-corrected chi connectivity index (χ3v) is 3.89. The summed E-state index contributed by atoms with van der Waals surface area (Å²) in [5.74, 6) is -1.30. The Labute approximate surface area is 141 Å². The van der Waals surface area contributed by atoms with Crippen molar-refractivity contribution in [2.45, 2.75) is 39.3 Å². The van der Waals surface area contributed by atoms with Gasteiger partial charge in [-0.05, 0) is 44.9 Å². The average Bonchev–Trinajstić information content (AvgIpc) is 2.76. The first-order valence-corrected chi connectivity index (χ1v) is 7.98. The number of aromatic hydroxyl groups is 1. The van der Waals surface area contributed by atoms with E-state index in [1.165, 1.54) is 24.0 Å². The Morgan fingerprint density at radius 2 is 1.88 bits per heavy atom. The van der Waals surface area contributed by atoms with Gasteiger partial charge in [0.1, 0.15) is 5.75 Å². The number of Topliss-reactive ketones (excluding diaryl/α,β-unsaturated/α-hetero) is 1. The monoisotopic (exact) mass is 333 g/mol.